The Labute approximate surface area is 259 Å². The van der Waals surface area contributed by atoms with Crippen LogP contribution in [-0.4, -0.2) is 41.4 Å². The Kier molecular flexibility index (Phi) is 6.73. The molecule has 1 saturated heterocycles. The maximum atomic E-state index is 14.2. The molecule has 8 nitrogen and oxygen atoms in total. The molecule has 1 N–H and O–H groups in total. The van der Waals surface area contributed by atoms with Crippen LogP contribution in [0.5, 0.6) is 11.5 Å². The number of benzene rings is 3. The zero-order valence-electron chi connectivity index (χ0n) is 24.7. The first-order valence-electron chi connectivity index (χ1n) is 14.8. The van der Waals surface area contributed by atoms with E-state index in [0.29, 0.717) is 39.3 Å². The number of hydrogen-bond donors (Lipinski definition) is 1. The van der Waals surface area contributed by atoms with Gasteiger partial charge >= 0.3 is 0 Å². The fraction of sp³-hybridized carbons (Fsp3) is 0.216. The molecule has 2 amide bonds. The minimum atomic E-state index is -0.822. The third-order valence-electron chi connectivity index (χ3n) is 9.54. The first-order chi connectivity index (χ1) is 21.7. The lowest BCUT2D eigenvalue weighted by atomic mass is 9.59. The van der Waals surface area contributed by atoms with Crippen molar-refractivity contribution >= 4 is 34.9 Å². The summed E-state index contributed by atoms with van der Waals surface area (Å²) < 4.78 is 5.60. The van der Waals surface area contributed by atoms with Crippen molar-refractivity contribution in [3.63, 3.8) is 0 Å². The summed E-state index contributed by atoms with van der Waals surface area (Å²) in [5.74, 6) is -4.06. The lowest BCUT2D eigenvalue weighted by Crippen LogP contribution is -2.40. The number of nitrogens with zero attached hydrogens (tertiary/aromatic N) is 1. The second-order valence-electron chi connectivity index (χ2n) is 11.9. The molecule has 0 unspecified atom stereocenters. The third kappa shape index (κ3) is 4.31. The number of hydrogen-bond acceptors (Lipinski definition) is 7. The van der Waals surface area contributed by atoms with Gasteiger partial charge in [0.2, 0.25) is 11.8 Å². The predicted octanol–water partition coefficient (Wildman–Crippen LogP) is 5.27. The summed E-state index contributed by atoms with van der Waals surface area (Å²) >= 11 is 0. The average molecular weight is 600 g/mol. The van der Waals surface area contributed by atoms with Crippen LogP contribution in [0, 0.1) is 17.8 Å². The largest absolute Gasteiger partial charge is 0.507 e. The van der Waals surface area contributed by atoms with E-state index in [4.69, 9.17) is 4.74 Å². The van der Waals surface area contributed by atoms with E-state index in [2.05, 4.69) is 0 Å². The van der Waals surface area contributed by atoms with Gasteiger partial charge in [-0.15, -0.1) is 0 Å². The Hall–Kier alpha value is -5.37. The lowest BCUT2D eigenvalue weighted by Gasteiger charge is -2.42. The first kappa shape index (κ1) is 28.4. The molecule has 224 valence electrons. The molecule has 4 aliphatic rings. The molecule has 0 saturated carbocycles. The van der Waals surface area contributed by atoms with E-state index < -0.39 is 29.6 Å². The van der Waals surface area contributed by atoms with Crippen molar-refractivity contribution in [2.24, 2.45) is 17.8 Å². The van der Waals surface area contributed by atoms with Crippen LogP contribution in [0.2, 0.25) is 0 Å². The van der Waals surface area contributed by atoms with Gasteiger partial charge in [-0.2, -0.15) is 0 Å². The van der Waals surface area contributed by atoms with Gasteiger partial charge in [0.15, 0.2) is 17.3 Å². The summed E-state index contributed by atoms with van der Waals surface area (Å²) in [5, 5.41) is 11.1. The average Bonchev–Trinajstić information content (AvgIpc) is 3.32. The molecule has 4 atom stereocenters. The van der Waals surface area contributed by atoms with Crippen molar-refractivity contribution in [1.82, 2.24) is 0 Å². The van der Waals surface area contributed by atoms with Crippen molar-refractivity contribution in [1.29, 1.82) is 0 Å². The number of methoxy groups -OCH3 is 1. The van der Waals surface area contributed by atoms with Crippen molar-refractivity contribution < 1.29 is 33.8 Å². The molecule has 1 heterocycles. The highest BCUT2D eigenvalue weighted by atomic mass is 16.5. The summed E-state index contributed by atoms with van der Waals surface area (Å²) in [6.07, 6.45) is 3.60. The van der Waals surface area contributed by atoms with Gasteiger partial charge < -0.3 is 9.84 Å². The van der Waals surface area contributed by atoms with E-state index in [1.165, 1.54) is 24.2 Å². The Morgan fingerprint density at radius 3 is 2.29 bits per heavy atom. The number of carbonyl (C=O) groups is 5. The van der Waals surface area contributed by atoms with Crippen LogP contribution >= 0.6 is 0 Å². The van der Waals surface area contributed by atoms with Gasteiger partial charge in [0.05, 0.1) is 24.6 Å². The molecule has 0 aromatic heterocycles. The van der Waals surface area contributed by atoms with Gasteiger partial charge in [0.25, 0.3) is 0 Å². The van der Waals surface area contributed by atoms with Gasteiger partial charge in [-0.3, -0.25) is 28.9 Å². The van der Waals surface area contributed by atoms with Crippen LogP contribution in [0.25, 0.3) is 0 Å². The summed E-state index contributed by atoms with van der Waals surface area (Å²) in [6.45, 7) is 1.59. The predicted molar refractivity (Wildman–Crippen MR) is 165 cm³/mol. The number of rotatable bonds is 5. The molecule has 45 heavy (non-hydrogen) atoms. The van der Waals surface area contributed by atoms with Gasteiger partial charge in [-0.1, -0.05) is 48.0 Å². The van der Waals surface area contributed by atoms with Crippen molar-refractivity contribution in [3.05, 3.63) is 124 Å². The normalized spacial score (nSPS) is 24.1. The van der Waals surface area contributed by atoms with Crippen LogP contribution < -0.4 is 9.64 Å². The third-order valence-corrected chi connectivity index (χ3v) is 9.54. The number of ether oxygens (including phenoxy) is 1. The van der Waals surface area contributed by atoms with E-state index >= 15 is 0 Å². The zero-order chi connectivity index (χ0) is 31.6. The molecule has 1 aliphatic heterocycles. The molecular formula is C37H29NO7. The van der Waals surface area contributed by atoms with Gasteiger partial charge in [-0.25, -0.2) is 0 Å². The summed E-state index contributed by atoms with van der Waals surface area (Å²) in [4.78, 5) is 69.2. The van der Waals surface area contributed by atoms with Gasteiger partial charge in [-0.05, 0) is 68.2 Å². The molecule has 0 radical (unpaired) electrons. The number of allylic oxidation sites excluding steroid dienone is 6. The number of ketones is 3. The Bertz CT molecular complexity index is 1920. The number of anilines is 1. The monoisotopic (exact) mass is 599 g/mol. The zero-order valence-corrected chi connectivity index (χ0v) is 24.7. The lowest BCUT2D eigenvalue weighted by molar-refractivity contribution is -0.123. The van der Waals surface area contributed by atoms with Crippen LogP contribution in [0.1, 0.15) is 47.2 Å². The van der Waals surface area contributed by atoms with E-state index in [1.54, 1.807) is 67.6 Å². The number of fused-ring (bicyclic) bond motifs is 3. The van der Waals surface area contributed by atoms with Crippen LogP contribution in [0.3, 0.4) is 0 Å². The number of Topliss-reactive ketones (excluding diaryl/α,β-unsaturated/α-hetero) is 1. The number of aromatic hydroxyl groups is 1. The summed E-state index contributed by atoms with van der Waals surface area (Å²) in [6, 6.07) is 20.1. The van der Waals surface area contributed by atoms with E-state index in [0.717, 1.165) is 5.57 Å². The molecule has 3 aromatic rings. The second-order valence-corrected chi connectivity index (χ2v) is 11.9. The number of phenolic OH excluding ortho intramolecular Hbond substituents is 1. The molecule has 1 fully saturated rings. The maximum absolute atomic E-state index is 14.2. The Balaban J connectivity index is 1.28. The SMILES string of the molecule is COc1cccc(O)c1[C@H]1C2=CC[C@@H]3C(=O)N(c4ccc(C(=O)c5ccccc5)cc4)C(=O)[C@@H]3[C@@H]2CC2=C1C(=O)C=C(C)C2=O. The van der Waals surface area contributed by atoms with E-state index in [9.17, 15) is 29.1 Å². The molecule has 7 rings (SSSR count). The molecule has 0 bridgehead atoms. The fourth-order valence-electron chi connectivity index (χ4n) is 7.49. The fourth-order valence-corrected chi connectivity index (χ4v) is 7.49. The van der Waals surface area contributed by atoms with Gasteiger partial charge in [0.1, 0.15) is 11.5 Å². The van der Waals surface area contributed by atoms with Crippen LogP contribution in [0.4, 0.5) is 5.69 Å². The molecule has 3 aromatic carbocycles. The van der Waals surface area contributed by atoms with Crippen molar-refractivity contribution in [2.45, 2.75) is 25.7 Å². The maximum Gasteiger partial charge on any atom is 0.238 e. The number of imide groups is 1. The number of amides is 2. The minimum Gasteiger partial charge on any atom is -0.507 e. The second kappa shape index (κ2) is 10.7. The highest BCUT2D eigenvalue weighted by Gasteiger charge is 2.57. The standard InChI is InChI=1S/C37H29NO7/c1-19-17-28(40)31-26(34(19)41)18-25-23(32(31)33-27(39)9-6-10-29(33)45-2)15-16-24-30(25)37(44)38(36(24)43)22-13-11-21(12-14-22)35(42)20-7-4-3-5-8-20/h3-15,17,24-25,30,32,39H,16,18H2,1-2H3/t24-,25+,30-,32-/m0/s1. The Morgan fingerprint density at radius 2 is 1.58 bits per heavy atom. The topological polar surface area (TPSA) is 118 Å². The quantitative estimate of drug-likeness (QED) is 0.184. The molecule has 3 aliphatic carbocycles. The van der Waals surface area contributed by atoms with Crippen molar-refractivity contribution in [2.75, 3.05) is 12.0 Å². The van der Waals surface area contributed by atoms with E-state index in [1.807, 2.05) is 12.1 Å². The number of carbonyl (C=O) groups excluding carboxylic acids is 5. The highest BCUT2D eigenvalue weighted by molar-refractivity contribution is 6.25. The van der Waals surface area contributed by atoms with E-state index in [-0.39, 0.29) is 47.4 Å². The first-order valence-corrected chi connectivity index (χ1v) is 14.8. The molecule has 0 spiro atoms. The van der Waals surface area contributed by atoms with Gasteiger partial charge in [0, 0.05) is 39.3 Å². The van der Waals surface area contributed by atoms with Crippen LogP contribution in [-0.2, 0) is 19.2 Å². The number of phenols is 1. The summed E-state index contributed by atoms with van der Waals surface area (Å²) in [5.41, 5.74) is 3.29. The van der Waals surface area contributed by atoms with Crippen molar-refractivity contribution in [3.8, 4) is 11.5 Å². The molecule has 8 heteroatoms. The smallest absolute Gasteiger partial charge is 0.238 e. The summed E-state index contributed by atoms with van der Waals surface area (Å²) in [7, 11) is 1.47. The van der Waals surface area contributed by atoms with Crippen LogP contribution in [0.15, 0.2) is 107 Å². The minimum absolute atomic E-state index is 0.0954. The Morgan fingerprint density at radius 1 is 0.867 bits per heavy atom. The highest BCUT2D eigenvalue weighted by Crippen LogP contribution is 2.57. The molecular weight excluding hydrogens is 570 g/mol.